The number of para-hydroxylation sites is 1. The molecule has 0 unspecified atom stereocenters. The van der Waals surface area contributed by atoms with E-state index in [4.69, 9.17) is 0 Å². The molecular weight excluding hydrogens is 240 g/mol. The molecule has 2 heterocycles. The van der Waals surface area contributed by atoms with Crippen molar-refractivity contribution in [1.82, 2.24) is 20.2 Å². The van der Waals surface area contributed by atoms with Gasteiger partial charge in [-0.05, 0) is 19.1 Å². The Balaban J connectivity index is 2.00. The molecule has 1 saturated heterocycles. The van der Waals surface area contributed by atoms with Crippen molar-refractivity contribution in [2.24, 2.45) is 0 Å². The molecule has 1 aliphatic heterocycles. The number of benzene rings is 1. The van der Waals surface area contributed by atoms with E-state index in [1.807, 2.05) is 30.0 Å². The Morgan fingerprint density at radius 2 is 2.16 bits per heavy atom. The lowest BCUT2D eigenvalue weighted by atomic mass is 10.1. The molecule has 0 radical (unpaired) electrons. The molecular formula is C14H16N4O. The normalized spacial score (nSPS) is 15.2. The number of fused-ring (bicyclic) bond motifs is 1. The minimum absolute atomic E-state index is 0.0418. The van der Waals surface area contributed by atoms with Crippen molar-refractivity contribution in [2.75, 3.05) is 19.6 Å². The van der Waals surface area contributed by atoms with E-state index in [-0.39, 0.29) is 5.91 Å². The van der Waals surface area contributed by atoms with Crippen molar-refractivity contribution in [1.29, 1.82) is 0 Å². The predicted molar refractivity (Wildman–Crippen MR) is 72.9 cm³/mol. The van der Waals surface area contributed by atoms with E-state index in [0.717, 1.165) is 18.6 Å². The van der Waals surface area contributed by atoms with E-state index in [0.29, 0.717) is 23.7 Å². The number of likely N-dealkylation sites (N-methyl/N-ethyl adjacent to an activating group) is 1. The number of amides is 1. The van der Waals surface area contributed by atoms with Gasteiger partial charge >= 0.3 is 0 Å². The zero-order valence-electron chi connectivity index (χ0n) is 10.8. The first-order valence-electron chi connectivity index (χ1n) is 6.52. The largest absolute Gasteiger partial charge is 0.333 e. The van der Waals surface area contributed by atoms with Gasteiger partial charge in [0.25, 0.3) is 5.91 Å². The van der Waals surface area contributed by atoms with E-state index >= 15 is 0 Å². The van der Waals surface area contributed by atoms with Crippen LogP contribution >= 0.6 is 0 Å². The lowest BCUT2D eigenvalue weighted by Gasteiger charge is -2.37. The highest BCUT2D eigenvalue weighted by Gasteiger charge is 2.28. The summed E-state index contributed by atoms with van der Waals surface area (Å²) in [7, 11) is 0. The molecule has 0 aliphatic carbocycles. The van der Waals surface area contributed by atoms with Gasteiger partial charge in [-0.2, -0.15) is 0 Å². The molecule has 5 nitrogen and oxygen atoms in total. The summed E-state index contributed by atoms with van der Waals surface area (Å²) in [5.41, 5.74) is 2.08. The lowest BCUT2D eigenvalue weighted by molar-refractivity contribution is 0.0632. The smallest absolute Gasteiger partial charge is 0.256 e. The van der Waals surface area contributed by atoms with Gasteiger partial charge in [0.1, 0.15) is 5.52 Å². The first-order chi connectivity index (χ1) is 9.31. The monoisotopic (exact) mass is 256 g/mol. The molecule has 1 aromatic heterocycles. The number of aromatic nitrogens is 2. The highest BCUT2D eigenvalue weighted by atomic mass is 16.2. The molecule has 19 heavy (non-hydrogen) atoms. The maximum Gasteiger partial charge on any atom is 0.256 e. The average molecular weight is 256 g/mol. The van der Waals surface area contributed by atoms with Crippen LogP contribution in [0.4, 0.5) is 0 Å². The van der Waals surface area contributed by atoms with Crippen molar-refractivity contribution < 1.29 is 4.79 Å². The van der Waals surface area contributed by atoms with Gasteiger partial charge in [0.05, 0.1) is 17.1 Å². The Labute approximate surface area is 111 Å². The number of nitrogens with one attached hydrogen (secondary N) is 1. The number of hydrogen-bond acceptors (Lipinski definition) is 4. The molecule has 1 amide bonds. The Hall–Kier alpha value is -2.01. The SMILES string of the molecule is CCN(C(=O)c1cccc2nccnc12)C1CNC1. The van der Waals surface area contributed by atoms with Crippen LogP contribution in [-0.2, 0) is 0 Å². The molecule has 0 saturated carbocycles. The molecule has 1 aromatic carbocycles. The highest BCUT2D eigenvalue weighted by molar-refractivity contribution is 6.04. The Bertz CT molecular complexity index is 604. The number of nitrogens with zero attached hydrogens (tertiary/aromatic N) is 3. The summed E-state index contributed by atoms with van der Waals surface area (Å²) in [6, 6.07) is 5.86. The van der Waals surface area contributed by atoms with Gasteiger partial charge < -0.3 is 10.2 Å². The minimum Gasteiger partial charge on any atom is -0.333 e. The molecule has 1 aliphatic rings. The quantitative estimate of drug-likeness (QED) is 0.892. The Morgan fingerprint density at radius 3 is 2.84 bits per heavy atom. The summed E-state index contributed by atoms with van der Waals surface area (Å²) in [6.45, 7) is 4.46. The van der Waals surface area contributed by atoms with Crippen molar-refractivity contribution in [2.45, 2.75) is 13.0 Å². The molecule has 0 spiro atoms. The van der Waals surface area contributed by atoms with Crippen molar-refractivity contribution in [3.8, 4) is 0 Å². The van der Waals surface area contributed by atoms with Gasteiger partial charge in [0.15, 0.2) is 0 Å². The van der Waals surface area contributed by atoms with Crippen LogP contribution in [-0.4, -0.2) is 46.5 Å². The molecule has 2 aromatic rings. The maximum absolute atomic E-state index is 12.7. The summed E-state index contributed by atoms with van der Waals surface area (Å²) >= 11 is 0. The summed E-state index contributed by atoms with van der Waals surface area (Å²) in [6.07, 6.45) is 3.27. The predicted octanol–water partition coefficient (Wildman–Crippen LogP) is 1.06. The third-order valence-electron chi connectivity index (χ3n) is 3.53. The van der Waals surface area contributed by atoms with Gasteiger partial charge in [-0.1, -0.05) is 6.07 Å². The molecule has 0 bridgehead atoms. The fourth-order valence-electron chi connectivity index (χ4n) is 2.38. The van der Waals surface area contributed by atoms with E-state index in [2.05, 4.69) is 15.3 Å². The van der Waals surface area contributed by atoms with Crippen LogP contribution in [0.2, 0.25) is 0 Å². The fourth-order valence-corrected chi connectivity index (χ4v) is 2.38. The van der Waals surface area contributed by atoms with Crippen molar-refractivity contribution in [3.63, 3.8) is 0 Å². The molecule has 0 atom stereocenters. The van der Waals surface area contributed by atoms with E-state index in [1.165, 1.54) is 0 Å². The maximum atomic E-state index is 12.7. The molecule has 98 valence electrons. The zero-order chi connectivity index (χ0) is 13.2. The molecule has 3 rings (SSSR count). The number of carbonyl (C=O) groups excluding carboxylic acids is 1. The molecule has 1 fully saturated rings. The second-order valence-corrected chi connectivity index (χ2v) is 4.63. The van der Waals surface area contributed by atoms with E-state index < -0.39 is 0 Å². The van der Waals surface area contributed by atoms with Gasteiger partial charge in [0.2, 0.25) is 0 Å². The molecule has 1 N–H and O–H groups in total. The summed E-state index contributed by atoms with van der Waals surface area (Å²) < 4.78 is 0. The van der Waals surface area contributed by atoms with E-state index in [1.54, 1.807) is 12.4 Å². The third kappa shape index (κ3) is 2.06. The first-order valence-corrected chi connectivity index (χ1v) is 6.52. The standard InChI is InChI=1S/C14H16N4O/c1-2-18(10-8-15-9-10)14(19)11-4-3-5-12-13(11)17-7-6-16-12/h3-7,10,15H,2,8-9H2,1H3. The van der Waals surface area contributed by atoms with Crippen molar-refractivity contribution in [3.05, 3.63) is 36.2 Å². The number of hydrogen-bond donors (Lipinski definition) is 1. The van der Waals surface area contributed by atoms with Gasteiger partial charge in [-0.3, -0.25) is 14.8 Å². The van der Waals surface area contributed by atoms with Gasteiger partial charge in [-0.15, -0.1) is 0 Å². The fraction of sp³-hybridized carbons (Fsp3) is 0.357. The Kier molecular flexibility index (Phi) is 3.13. The van der Waals surface area contributed by atoms with E-state index in [9.17, 15) is 4.79 Å². The van der Waals surface area contributed by atoms with Crippen LogP contribution in [0.1, 0.15) is 17.3 Å². The van der Waals surface area contributed by atoms with Crippen LogP contribution in [0.3, 0.4) is 0 Å². The van der Waals surface area contributed by atoms with Crippen LogP contribution < -0.4 is 5.32 Å². The second-order valence-electron chi connectivity index (χ2n) is 4.63. The van der Waals surface area contributed by atoms with Gasteiger partial charge in [-0.25, -0.2) is 0 Å². The van der Waals surface area contributed by atoms with Crippen LogP contribution in [0.15, 0.2) is 30.6 Å². The van der Waals surface area contributed by atoms with Gasteiger partial charge in [0, 0.05) is 32.0 Å². The van der Waals surface area contributed by atoms with Crippen LogP contribution in [0, 0.1) is 0 Å². The topological polar surface area (TPSA) is 58.1 Å². The highest BCUT2D eigenvalue weighted by Crippen LogP contribution is 2.18. The summed E-state index contributed by atoms with van der Waals surface area (Å²) in [5, 5.41) is 3.20. The van der Waals surface area contributed by atoms with Crippen molar-refractivity contribution >= 4 is 16.9 Å². The third-order valence-corrected chi connectivity index (χ3v) is 3.53. The summed E-state index contributed by atoms with van der Waals surface area (Å²) in [5.74, 6) is 0.0418. The second kappa shape index (κ2) is 4.93. The van der Waals surface area contributed by atoms with Crippen LogP contribution in [0.5, 0.6) is 0 Å². The first kappa shape index (κ1) is 12.0. The molecule has 5 heteroatoms. The zero-order valence-corrected chi connectivity index (χ0v) is 10.8. The Morgan fingerprint density at radius 1 is 1.37 bits per heavy atom. The summed E-state index contributed by atoms with van der Waals surface area (Å²) in [4.78, 5) is 23.1. The number of rotatable bonds is 3. The number of carbonyl (C=O) groups is 1. The van der Waals surface area contributed by atoms with Crippen LogP contribution in [0.25, 0.3) is 11.0 Å². The lowest BCUT2D eigenvalue weighted by Crippen LogP contribution is -2.58. The average Bonchev–Trinajstić information content (AvgIpc) is 2.41. The minimum atomic E-state index is 0.0418.